The van der Waals surface area contributed by atoms with E-state index in [9.17, 15) is 4.79 Å². The summed E-state index contributed by atoms with van der Waals surface area (Å²) in [5.74, 6) is -2.18. The smallest absolute Gasteiger partial charge is 0.410 e. The van der Waals surface area contributed by atoms with Crippen molar-refractivity contribution in [1.82, 2.24) is 4.90 Å². The first-order valence-corrected chi connectivity index (χ1v) is 13.8. The molecule has 3 aromatic rings. The van der Waals surface area contributed by atoms with Crippen molar-refractivity contribution >= 4 is 6.09 Å². The Morgan fingerprint density at radius 1 is 0.878 bits per heavy atom. The van der Waals surface area contributed by atoms with Crippen LogP contribution < -0.4 is 0 Å². The van der Waals surface area contributed by atoms with E-state index in [1.165, 1.54) is 0 Å². The molecule has 0 radical (unpaired) electrons. The minimum atomic E-state index is -1.26. The zero-order valence-corrected chi connectivity index (χ0v) is 23.6. The van der Waals surface area contributed by atoms with Gasteiger partial charge in [-0.25, -0.2) is 4.79 Å². The zero-order chi connectivity index (χ0) is 28.9. The Kier molecular flexibility index (Phi) is 8.71. The van der Waals surface area contributed by atoms with Crippen molar-refractivity contribution in [3.63, 3.8) is 0 Å². The van der Waals surface area contributed by atoms with Crippen LogP contribution in [0.1, 0.15) is 30.5 Å². The van der Waals surface area contributed by atoms with Gasteiger partial charge in [0.2, 0.25) is 5.79 Å². The third kappa shape index (κ3) is 6.44. The summed E-state index contributed by atoms with van der Waals surface area (Å²) < 4.78 is 31.6. The van der Waals surface area contributed by atoms with Crippen LogP contribution >= 0.6 is 0 Å². The molecule has 0 aromatic heterocycles. The average Bonchev–Trinajstić information content (AvgIpc) is 3.43. The second kappa shape index (κ2) is 12.4. The van der Waals surface area contributed by atoms with Crippen molar-refractivity contribution < 1.29 is 28.5 Å². The molecule has 2 saturated heterocycles. The lowest BCUT2D eigenvalue weighted by atomic mass is 9.98. The zero-order valence-electron chi connectivity index (χ0n) is 23.6. The first-order valence-electron chi connectivity index (χ1n) is 13.8. The first-order chi connectivity index (χ1) is 19.8. The van der Waals surface area contributed by atoms with E-state index >= 15 is 0 Å². The van der Waals surface area contributed by atoms with Gasteiger partial charge in [-0.05, 0) is 36.6 Å². The Balaban J connectivity index is 1.46. The number of carbonyl (C=O) groups excluding carboxylic acids is 1. The summed E-state index contributed by atoms with van der Waals surface area (Å²) in [5, 5.41) is 0. The van der Waals surface area contributed by atoms with Crippen molar-refractivity contribution in [3.05, 3.63) is 133 Å². The molecule has 2 fully saturated rings. The van der Waals surface area contributed by atoms with Crippen LogP contribution in [0.4, 0.5) is 4.79 Å². The maximum Gasteiger partial charge on any atom is 0.410 e. The van der Waals surface area contributed by atoms with Crippen molar-refractivity contribution in [2.75, 3.05) is 0 Å². The Morgan fingerprint density at radius 2 is 1.44 bits per heavy atom. The number of rotatable bonds is 11. The number of nitrogens with zero attached hydrogens (tertiary/aromatic N) is 1. The summed E-state index contributed by atoms with van der Waals surface area (Å²) in [6, 6.07) is 28.5. The van der Waals surface area contributed by atoms with Crippen molar-refractivity contribution in [2.24, 2.45) is 0 Å². The Labute approximate surface area is 241 Å². The van der Waals surface area contributed by atoms with Gasteiger partial charge in [0.15, 0.2) is 5.79 Å². The van der Waals surface area contributed by atoms with E-state index in [2.05, 4.69) is 13.2 Å². The lowest BCUT2D eigenvalue weighted by Crippen LogP contribution is -2.51. The third-order valence-corrected chi connectivity index (χ3v) is 7.30. The molecule has 214 valence electrons. The average molecular weight is 556 g/mol. The fourth-order valence-corrected chi connectivity index (χ4v) is 5.42. The number of fused-ring (bicyclic) bond motifs is 1. The summed E-state index contributed by atoms with van der Waals surface area (Å²) in [6.45, 7) is 12.5. The third-order valence-electron chi connectivity index (χ3n) is 7.30. The molecule has 3 aromatic carbocycles. The summed E-state index contributed by atoms with van der Waals surface area (Å²) in [4.78, 5) is 15.4. The first kappa shape index (κ1) is 28.8. The standard InChI is InChI=1S/C34H37NO6/c1-5-28(35(22-25-16-10-7-11-17-25)32(36)38-24-27-20-14-9-15-21-27)29-30(37-23-26-18-12-8-13-19-26)31-34(6-2,39-29)41-33(3,4)40-31/h5-21,28-31H,1-2,22-24H2,3-4H3/t28-,29+,30-,31+,34+/m1/s1. The Morgan fingerprint density at radius 3 is 2.00 bits per heavy atom. The minimum absolute atomic E-state index is 0.133. The van der Waals surface area contributed by atoms with Gasteiger partial charge in [-0.15, -0.1) is 6.58 Å². The van der Waals surface area contributed by atoms with Crippen LogP contribution in [0.15, 0.2) is 116 Å². The van der Waals surface area contributed by atoms with Gasteiger partial charge >= 0.3 is 6.09 Å². The van der Waals surface area contributed by atoms with Gasteiger partial charge in [0, 0.05) is 6.54 Å². The molecule has 7 heteroatoms. The number of hydrogen-bond donors (Lipinski definition) is 0. The Hall–Kier alpha value is -3.75. The van der Waals surface area contributed by atoms with Gasteiger partial charge < -0.3 is 23.7 Å². The molecular formula is C34H37NO6. The molecule has 0 aliphatic carbocycles. The van der Waals surface area contributed by atoms with Gasteiger partial charge in [-0.2, -0.15) is 0 Å². The van der Waals surface area contributed by atoms with Crippen LogP contribution in [0.2, 0.25) is 0 Å². The van der Waals surface area contributed by atoms with E-state index in [1.807, 2.05) is 105 Å². The molecule has 7 nitrogen and oxygen atoms in total. The largest absolute Gasteiger partial charge is 0.445 e. The predicted octanol–water partition coefficient (Wildman–Crippen LogP) is 6.40. The fourth-order valence-electron chi connectivity index (χ4n) is 5.42. The predicted molar refractivity (Wildman–Crippen MR) is 155 cm³/mol. The minimum Gasteiger partial charge on any atom is -0.445 e. The normalized spacial score (nSPS) is 25.2. The molecule has 0 saturated carbocycles. The number of hydrogen-bond acceptors (Lipinski definition) is 6. The molecule has 5 rings (SSSR count). The van der Waals surface area contributed by atoms with Crippen molar-refractivity contribution in [3.8, 4) is 0 Å². The highest BCUT2D eigenvalue weighted by Crippen LogP contribution is 2.48. The molecule has 0 N–H and O–H groups in total. The monoisotopic (exact) mass is 555 g/mol. The van der Waals surface area contributed by atoms with E-state index in [0.717, 1.165) is 16.7 Å². The SMILES string of the molecule is C=C[C@H]([C@@H]1O[C@@]2(C=C)OC(C)(C)O[C@H]2[C@@H]1OCc1ccccc1)N(Cc1ccccc1)C(=O)OCc1ccccc1. The van der Waals surface area contributed by atoms with Gasteiger partial charge in [0.1, 0.15) is 24.9 Å². The van der Waals surface area contributed by atoms with Crippen molar-refractivity contribution in [2.45, 2.75) is 69.5 Å². The second-order valence-electron chi connectivity index (χ2n) is 10.7. The van der Waals surface area contributed by atoms with Crippen LogP contribution in [0.5, 0.6) is 0 Å². The quantitative estimate of drug-likeness (QED) is 0.255. The highest BCUT2D eigenvalue weighted by molar-refractivity contribution is 5.68. The molecule has 5 atom stereocenters. The van der Waals surface area contributed by atoms with Gasteiger partial charge in [0.05, 0.1) is 12.6 Å². The molecule has 0 unspecified atom stereocenters. The highest BCUT2D eigenvalue weighted by Gasteiger charge is 2.65. The lowest BCUT2D eigenvalue weighted by Gasteiger charge is -2.36. The molecule has 0 spiro atoms. The molecule has 2 heterocycles. The number of amides is 1. The molecule has 2 aliphatic rings. The molecule has 1 amide bonds. The van der Waals surface area contributed by atoms with E-state index < -0.39 is 42.0 Å². The number of benzene rings is 3. The summed E-state index contributed by atoms with van der Waals surface area (Å²) >= 11 is 0. The highest BCUT2D eigenvalue weighted by atomic mass is 16.9. The van der Waals surface area contributed by atoms with E-state index in [4.69, 9.17) is 23.7 Å². The van der Waals surface area contributed by atoms with Crippen LogP contribution in [-0.2, 0) is 43.4 Å². The maximum absolute atomic E-state index is 13.7. The van der Waals surface area contributed by atoms with Crippen molar-refractivity contribution in [1.29, 1.82) is 0 Å². The van der Waals surface area contributed by atoms with E-state index in [-0.39, 0.29) is 13.2 Å². The maximum atomic E-state index is 13.7. The van der Waals surface area contributed by atoms with Crippen LogP contribution in [0.25, 0.3) is 0 Å². The number of carbonyl (C=O) groups is 1. The van der Waals surface area contributed by atoms with Crippen LogP contribution in [0.3, 0.4) is 0 Å². The second-order valence-corrected chi connectivity index (χ2v) is 10.7. The molecule has 2 aliphatic heterocycles. The van der Waals surface area contributed by atoms with Gasteiger partial charge in [0.25, 0.3) is 0 Å². The summed E-state index contributed by atoms with van der Waals surface area (Å²) in [5.41, 5.74) is 2.82. The van der Waals surface area contributed by atoms with E-state index in [1.54, 1.807) is 17.1 Å². The van der Waals surface area contributed by atoms with Crippen LogP contribution in [0, 0.1) is 0 Å². The topological polar surface area (TPSA) is 66.5 Å². The van der Waals surface area contributed by atoms with Crippen LogP contribution in [-0.4, -0.2) is 46.9 Å². The molecule has 41 heavy (non-hydrogen) atoms. The van der Waals surface area contributed by atoms with E-state index in [0.29, 0.717) is 6.61 Å². The summed E-state index contributed by atoms with van der Waals surface area (Å²) in [7, 11) is 0. The fraction of sp³-hybridized carbons (Fsp3) is 0.324. The Bertz CT molecular complexity index is 1310. The van der Waals surface area contributed by atoms with Gasteiger partial charge in [-0.3, -0.25) is 4.90 Å². The summed E-state index contributed by atoms with van der Waals surface area (Å²) in [6.07, 6.45) is 0.881. The molecule has 0 bridgehead atoms. The number of ether oxygens (including phenoxy) is 5. The van der Waals surface area contributed by atoms with Gasteiger partial charge in [-0.1, -0.05) is 104 Å². The lowest BCUT2D eigenvalue weighted by molar-refractivity contribution is -0.249. The molecular weight excluding hydrogens is 518 g/mol.